The van der Waals surface area contributed by atoms with Gasteiger partial charge in [0.1, 0.15) is 12.4 Å². The smallest absolute Gasteiger partial charge is 0.349 e. The number of nitrogens with zero attached hydrogens (tertiary/aromatic N) is 2. The van der Waals surface area contributed by atoms with Gasteiger partial charge in [-0.05, 0) is 0 Å². The third kappa shape index (κ3) is 3.62. The predicted molar refractivity (Wildman–Crippen MR) is 60.9 cm³/mol. The molecule has 0 unspecified atom stereocenters. The van der Waals surface area contributed by atoms with Gasteiger partial charge in [-0.2, -0.15) is 4.98 Å². The van der Waals surface area contributed by atoms with Gasteiger partial charge in [-0.15, -0.1) is 0 Å². The fourth-order valence-corrected chi connectivity index (χ4v) is 0.992. The second-order valence-corrected chi connectivity index (χ2v) is 3.17. The van der Waals surface area contributed by atoms with Gasteiger partial charge < -0.3 is 20.7 Å². The fraction of sp³-hybridized carbons (Fsp3) is 0.300. The number of nitrogen functional groups attached to an aromatic ring is 1. The first-order chi connectivity index (χ1) is 8.04. The van der Waals surface area contributed by atoms with Crippen molar-refractivity contribution in [1.82, 2.24) is 14.9 Å². The van der Waals surface area contributed by atoms with Crippen LogP contribution in [0.15, 0.2) is 11.0 Å². The summed E-state index contributed by atoms with van der Waals surface area (Å²) in [6, 6.07) is 0. The number of aliphatic hydroxyl groups excluding tert-OH is 1. The molecule has 7 nitrogen and oxygen atoms in total. The van der Waals surface area contributed by atoms with Crippen LogP contribution in [-0.4, -0.2) is 33.7 Å². The molecule has 1 rings (SSSR count). The summed E-state index contributed by atoms with van der Waals surface area (Å²) in [6.07, 6.45) is 1.46. The lowest BCUT2D eigenvalue weighted by Crippen LogP contribution is -2.26. The maximum absolute atomic E-state index is 11.1. The highest BCUT2D eigenvalue weighted by Gasteiger charge is 2.00. The maximum atomic E-state index is 11.1. The summed E-state index contributed by atoms with van der Waals surface area (Å²) in [5.41, 5.74) is 5.46. The molecule has 7 heteroatoms. The van der Waals surface area contributed by atoms with Gasteiger partial charge in [-0.25, -0.2) is 4.79 Å². The zero-order valence-corrected chi connectivity index (χ0v) is 9.23. The minimum Gasteiger partial charge on any atom is -0.387 e. The SMILES string of the molecule is Cn1cc(C#CCNC(=O)CO)c(N)nc1=O. The van der Waals surface area contributed by atoms with E-state index in [9.17, 15) is 9.59 Å². The Morgan fingerprint density at radius 2 is 2.41 bits per heavy atom. The molecule has 0 aliphatic rings. The third-order valence-electron chi connectivity index (χ3n) is 1.86. The third-order valence-corrected chi connectivity index (χ3v) is 1.86. The Hall–Kier alpha value is -2.33. The highest BCUT2D eigenvalue weighted by molar-refractivity contribution is 5.77. The molecule has 1 aromatic heterocycles. The number of anilines is 1. The molecule has 0 aliphatic carbocycles. The largest absolute Gasteiger partial charge is 0.387 e. The van der Waals surface area contributed by atoms with Gasteiger partial charge in [-0.3, -0.25) is 4.79 Å². The highest BCUT2D eigenvalue weighted by Crippen LogP contribution is 2.00. The molecule has 0 fully saturated rings. The highest BCUT2D eigenvalue weighted by atomic mass is 16.3. The van der Waals surface area contributed by atoms with Crippen LogP contribution < -0.4 is 16.7 Å². The number of carbonyl (C=O) groups is 1. The van der Waals surface area contributed by atoms with Crippen molar-refractivity contribution in [2.24, 2.45) is 7.05 Å². The molecule has 0 saturated carbocycles. The van der Waals surface area contributed by atoms with Crippen molar-refractivity contribution in [3.63, 3.8) is 0 Å². The number of aliphatic hydroxyl groups is 1. The monoisotopic (exact) mass is 236 g/mol. The van der Waals surface area contributed by atoms with Crippen LogP contribution in [-0.2, 0) is 11.8 Å². The molecular formula is C10H12N4O3. The van der Waals surface area contributed by atoms with Crippen LogP contribution in [0.2, 0.25) is 0 Å². The molecule has 17 heavy (non-hydrogen) atoms. The summed E-state index contributed by atoms with van der Waals surface area (Å²) in [6.45, 7) is -0.493. The summed E-state index contributed by atoms with van der Waals surface area (Å²) >= 11 is 0. The second-order valence-electron chi connectivity index (χ2n) is 3.17. The lowest BCUT2D eigenvalue weighted by atomic mass is 10.3. The van der Waals surface area contributed by atoms with E-state index in [1.165, 1.54) is 17.8 Å². The number of aryl methyl sites for hydroxylation is 1. The number of hydrogen-bond donors (Lipinski definition) is 3. The number of amides is 1. The molecule has 0 saturated heterocycles. The van der Waals surface area contributed by atoms with Crippen molar-refractivity contribution in [3.8, 4) is 11.8 Å². The van der Waals surface area contributed by atoms with Crippen molar-refractivity contribution in [3.05, 3.63) is 22.2 Å². The van der Waals surface area contributed by atoms with Crippen LogP contribution in [0.5, 0.6) is 0 Å². The average Bonchev–Trinajstić information content (AvgIpc) is 2.30. The topological polar surface area (TPSA) is 110 Å². The van der Waals surface area contributed by atoms with Gasteiger partial charge in [0.2, 0.25) is 5.91 Å². The van der Waals surface area contributed by atoms with Crippen molar-refractivity contribution < 1.29 is 9.90 Å². The average molecular weight is 236 g/mol. The summed E-state index contributed by atoms with van der Waals surface area (Å²) in [5.74, 6) is 4.83. The van der Waals surface area contributed by atoms with Gasteiger partial charge in [0.25, 0.3) is 0 Å². The molecule has 0 bridgehead atoms. The normalized spacial score (nSPS) is 9.29. The van der Waals surface area contributed by atoms with Crippen molar-refractivity contribution in [1.29, 1.82) is 0 Å². The Labute approximate surface area is 97.3 Å². The molecule has 0 radical (unpaired) electrons. The zero-order chi connectivity index (χ0) is 12.8. The Morgan fingerprint density at radius 1 is 1.71 bits per heavy atom. The molecular weight excluding hydrogens is 224 g/mol. The Balaban J connectivity index is 2.76. The van der Waals surface area contributed by atoms with Crippen molar-refractivity contribution in [2.75, 3.05) is 18.9 Å². The quantitative estimate of drug-likeness (QED) is 0.506. The molecule has 90 valence electrons. The summed E-state index contributed by atoms with van der Waals surface area (Å²) < 4.78 is 1.26. The van der Waals surface area contributed by atoms with Gasteiger partial charge >= 0.3 is 5.69 Å². The second kappa shape index (κ2) is 5.67. The molecule has 1 amide bonds. The molecule has 1 aromatic rings. The number of rotatable bonds is 2. The first-order valence-electron chi connectivity index (χ1n) is 4.74. The number of aromatic nitrogens is 2. The maximum Gasteiger partial charge on any atom is 0.349 e. The lowest BCUT2D eigenvalue weighted by molar-refractivity contribution is -0.123. The van der Waals surface area contributed by atoms with E-state index in [-0.39, 0.29) is 12.4 Å². The standard InChI is InChI=1S/C10H12N4O3/c1-14-5-7(9(11)13-10(14)17)3-2-4-12-8(16)6-15/h5,15H,4,6H2,1H3,(H,12,16)(H2,11,13,17). The lowest BCUT2D eigenvalue weighted by Gasteiger charge is -1.99. The minimum absolute atomic E-state index is 0.0501. The Kier molecular flexibility index (Phi) is 4.25. The van der Waals surface area contributed by atoms with E-state index >= 15 is 0 Å². The van der Waals surface area contributed by atoms with E-state index in [4.69, 9.17) is 10.8 Å². The number of nitrogens with two attached hydrogens (primary N) is 1. The molecule has 0 aliphatic heterocycles. The predicted octanol–water partition coefficient (Wildman–Crippen LogP) is -2.18. The van der Waals surface area contributed by atoms with Crippen LogP contribution in [0.4, 0.5) is 5.82 Å². The van der Waals surface area contributed by atoms with Gasteiger partial charge in [0, 0.05) is 13.2 Å². The van der Waals surface area contributed by atoms with E-state index in [0.29, 0.717) is 5.56 Å². The molecule has 0 atom stereocenters. The van der Waals surface area contributed by atoms with Gasteiger partial charge in [0.15, 0.2) is 0 Å². The van der Waals surface area contributed by atoms with E-state index < -0.39 is 18.2 Å². The van der Waals surface area contributed by atoms with Crippen LogP contribution in [0.1, 0.15) is 5.56 Å². The van der Waals surface area contributed by atoms with Crippen LogP contribution in [0.25, 0.3) is 0 Å². The summed E-state index contributed by atoms with van der Waals surface area (Å²) in [4.78, 5) is 25.3. The van der Waals surface area contributed by atoms with Gasteiger partial charge in [-0.1, -0.05) is 11.8 Å². The number of carbonyl (C=O) groups excluding carboxylic acids is 1. The zero-order valence-electron chi connectivity index (χ0n) is 9.23. The van der Waals surface area contributed by atoms with E-state index in [0.717, 1.165) is 0 Å². The van der Waals surface area contributed by atoms with E-state index in [1.807, 2.05) is 0 Å². The molecule has 0 spiro atoms. The Morgan fingerprint density at radius 3 is 3.06 bits per heavy atom. The molecule has 4 N–H and O–H groups in total. The van der Waals surface area contributed by atoms with E-state index in [1.54, 1.807) is 0 Å². The first kappa shape index (κ1) is 12.7. The van der Waals surface area contributed by atoms with Gasteiger partial charge in [0.05, 0.1) is 12.1 Å². The number of nitrogens with one attached hydrogen (secondary N) is 1. The Bertz CT molecular complexity index is 539. The summed E-state index contributed by atoms with van der Waals surface area (Å²) in [7, 11) is 1.54. The minimum atomic E-state index is -0.578. The molecule has 0 aromatic carbocycles. The van der Waals surface area contributed by atoms with Crippen molar-refractivity contribution in [2.45, 2.75) is 0 Å². The van der Waals surface area contributed by atoms with Crippen molar-refractivity contribution >= 4 is 11.7 Å². The fourth-order valence-electron chi connectivity index (χ4n) is 0.992. The molecule has 1 heterocycles. The number of hydrogen-bond acceptors (Lipinski definition) is 5. The van der Waals surface area contributed by atoms with E-state index in [2.05, 4.69) is 22.1 Å². The van der Waals surface area contributed by atoms with Crippen LogP contribution in [0, 0.1) is 11.8 Å². The van der Waals surface area contributed by atoms with Crippen LogP contribution >= 0.6 is 0 Å². The van der Waals surface area contributed by atoms with Crippen LogP contribution in [0.3, 0.4) is 0 Å². The first-order valence-corrected chi connectivity index (χ1v) is 4.74. The summed E-state index contributed by atoms with van der Waals surface area (Å²) in [5, 5.41) is 10.8.